The molecule has 6 nitrogen and oxygen atoms in total. The average molecular weight is 505 g/mol. The summed E-state index contributed by atoms with van der Waals surface area (Å²) in [7, 11) is -3.76. The lowest BCUT2D eigenvalue weighted by atomic mass is 10.1. The number of aryl methyl sites for hydroxylation is 1. The van der Waals surface area contributed by atoms with Gasteiger partial charge in [0, 0.05) is 29.0 Å². The van der Waals surface area contributed by atoms with Gasteiger partial charge in [-0.3, -0.25) is 9.59 Å². The molecule has 2 aliphatic rings. The predicted octanol–water partition coefficient (Wildman–Crippen LogP) is 4.11. The van der Waals surface area contributed by atoms with Gasteiger partial charge in [0.2, 0.25) is 11.8 Å². The van der Waals surface area contributed by atoms with E-state index in [9.17, 15) is 18.0 Å². The Kier molecular flexibility index (Phi) is 6.21. The first-order valence-corrected chi connectivity index (χ1v) is 13.0. The van der Waals surface area contributed by atoms with Gasteiger partial charge in [-0.25, -0.2) is 8.42 Å². The fraction of sp³-hybridized carbons (Fsp3) is 0.391. The van der Waals surface area contributed by atoms with Crippen molar-refractivity contribution in [3.8, 4) is 0 Å². The van der Waals surface area contributed by atoms with Gasteiger partial charge >= 0.3 is 0 Å². The van der Waals surface area contributed by atoms with Gasteiger partial charge in [-0.15, -0.1) is 0 Å². The van der Waals surface area contributed by atoms with Crippen LogP contribution in [-0.4, -0.2) is 32.5 Å². The Balaban J connectivity index is 1.50. The molecular weight excluding hydrogens is 480 g/mol. The topological polar surface area (TPSA) is 83.6 Å². The van der Waals surface area contributed by atoms with Crippen molar-refractivity contribution in [1.82, 2.24) is 0 Å². The number of carbonyl (C=O) groups is 2. The number of carbonyl (C=O) groups excluding carboxylic acids is 2. The molecule has 0 spiro atoms. The van der Waals surface area contributed by atoms with Crippen molar-refractivity contribution < 1.29 is 18.0 Å². The molecule has 2 amide bonds. The van der Waals surface area contributed by atoms with Crippen LogP contribution in [0.2, 0.25) is 0 Å². The first kappa shape index (κ1) is 22.0. The molecule has 4 rings (SSSR count). The normalized spacial score (nSPS) is 15.6. The summed E-state index contributed by atoms with van der Waals surface area (Å²) in [6.45, 7) is 2.55. The molecule has 0 unspecified atom stereocenters. The summed E-state index contributed by atoms with van der Waals surface area (Å²) in [6.07, 6.45) is 3.11. The lowest BCUT2D eigenvalue weighted by molar-refractivity contribution is -0.119. The van der Waals surface area contributed by atoms with Crippen LogP contribution in [0.25, 0.3) is 0 Å². The Hall–Kier alpha value is -2.19. The third-order valence-electron chi connectivity index (χ3n) is 5.76. The minimum atomic E-state index is -3.76. The molecule has 0 saturated heterocycles. The smallest absolute Gasteiger partial charge is 0.230 e. The summed E-state index contributed by atoms with van der Waals surface area (Å²) in [6, 6.07) is 10.9. The van der Waals surface area contributed by atoms with Crippen LogP contribution in [0.15, 0.2) is 45.8 Å². The van der Waals surface area contributed by atoms with Gasteiger partial charge in [-0.1, -0.05) is 35.0 Å². The Morgan fingerprint density at radius 1 is 1.16 bits per heavy atom. The lowest BCUT2D eigenvalue weighted by Gasteiger charge is -2.20. The standard InChI is InChI=1S/C23H25BrN2O4S/c1-2-15-3-7-19(8-4-15)25-21(27)10-12-31(29,30)20-14-18(24)13-17-9-11-26(22(17)20)23(28)16-5-6-16/h3-4,7-8,13-14,16H,2,5-6,9-12H2,1H3,(H,25,27). The van der Waals surface area contributed by atoms with E-state index in [1.165, 1.54) is 0 Å². The van der Waals surface area contributed by atoms with Crippen LogP contribution in [0, 0.1) is 5.92 Å². The molecule has 1 heterocycles. The fourth-order valence-corrected chi connectivity index (χ4v) is 6.03. The Morgan fingerprint density at radius 2 is 1.87 bits per heavy atom. The van der Waals surface area contributed by atoms with Crippen LogP contribution in [-0.2, 0) is 32.3 Å². The highest BCUT2D eigenvalue weighted by molar-refractivity contribution is 9.10. The third kappa shape index (κ3) is 4.85. The zero-order valence-corrected chi connectivity index (χ0v) is 19.8. The molecule has 8 heteroatoms. The number of halogens is 1. The highest BCUT2D eigenvalue weighted by Gasteiger charge is 2.39. The lowest BCUT2D eigenvalue weighted by Crippen LogP contribution is -2.31. The van der Waals surface area contributed by atoms with Crippen LogP contribution >= 0.6 is 15.9 Å². The summed E-state index contributed by atoms with van der Waals surface area (Å²) in [5.74, 6) is -0.661. The molecule has 164 valence electrons. The van der Waals surface area contributed by atoms with Gasteiger partial charge in [0.25, 0.3) is 0 Å². The predicted molar refractivity (Wildman–Crippen MR) is 124 cm³/mol. The number of nitrogens with zero attached hydrogens (tertiary/aromatic N) is 1. The average Bonchev–Trinajstić information content (AvgIpc) is 3.51. The van der Waals surface area contributed by atoms with E-state index in [0.29, 0.717) is 28.8 Å². The summed E-state index contributed by atoms with van der Waals surface area (Å²) in [5.41, 5.74) is 3.15. The van der Waals surface area contributed by atoms with E-state index in [0.717, 1.165) is 30.4 Å². The van der Waals surface area contributed by atoms with Gasteiger partial charge < -0.3 is 10.2 Å². The molecule has 1 aliphatic carbocycles. The monoisotopic (exact) mass is 504 g/mol. The molecule has 2 aromatic carbocycles. The second kappa shape index (κ2) is 8.74. The van der Waals surface area contributed by atoms with E-state index < -0.39 is 9.84 Å². The van der Waals surface area contributed by atoms with Gasteiger partial charge in [-0.05, 0) is 61.1 Å². The molecule has 0 bridgehead atoms. The van der Waals surface area contributed by atoms with Crippen molar-refractivity contribution in [3.63, 3.8) is 0 Å². The fourth-order valence-electron chi connectivity index (χ4n) is 3.86. The third-order valence-corrected chi connectivity index (χ3v) is 7.95. The quantitative estimate of drug-likeness (QED) is 0.614. The van der Waals surface area contributed by atoms with Crippen molar-refractivity contribution in [2.45, 2.75) is 43.9 Å². The first-order valence-electron chi connectivity index (χ1n) is 10.5. The summed E-state index contributed by atoms with van der Waals surface area (Å²) in [5, 5.41) is 2.75. The van der Waals surface area contributed by atoms with Crippen LogP contribution in [0.5, 0.6) is 0 Å². The van der Waals surface area contributed by atoms with Gasteiger partial charge in [0.05, 0.1) is 16.3 Å². The molecule has 0 radical (unpaired) electrons. The van der Waals surface area contributed by atoms with E-state index in [1.807, 2.05) is 30.3 Å². The number of sulfone groups is 1. The van der Waals surface area contributed by atoms with Crippen LogP contribution in [0.1, 0.15) is 37.3 Å². The summed E-state index contributed by atoms with van der Waals surface area (Å²) in [4.78, 5) is 26.8. The minimum Gasteiger partial charge on any atom is -0.326 e. The van der Waals surface area contributed by atoms with Gasteiger partial charge in [-0.2, -0.15) is 0 Å². The van der Waals surface area contributed by atoms with E-state index in [2.05, 4.69) is 28.2 Å². The van der Waals surface area contributed by atoms with E-state index in [1.54, 1.807) is 11.0 Å². The Bertz CT molecular complexity index is 1130. The molecule has 0 aromatic heterocycles. The summed E-state index contributed by atoms with van der Waals surface area (Å²) >= 11 is 3.40. The number of hydrogen-bond donors (Lipinski definition) is 1. The van der Waals surface area contributed by atoms with Crippen molar-refractivity contribution in [1.29, 1.82) is 0 Å². The molecule has 1 aliphatic heterocycles. The Morgan fingerprint density at radius 3 is 2.52 bits per heavy atom. The zero-order chi connectivity index (χ0) is 22.2. The maximum atomic E-state index is 13.2. The molecule has 31 heavy (non-hydrogen) atoms. The largest absolute Gasteiger partial charge is 0.326 e. The number of amides is 2. The first-order chi connectivity index (χ1) is 14.8. The van der Waals surface area contributed by atoms with Crippen LogP contribution < -0.4 is 10.2 Å². The molecule has 1 fully saturated rings. The number of benzene rings is 2. The molecule has 1 N–H and O–H groups in total. The number of nitrogens with one attached hydrogen (secondary N) is 1. The maximum absolute atomic E-state index is 13.2. The van der Waals surface area contributed by atoms with Crippen molar-refractivity contribution in [2.75, 3.05) is 22.5 Å². The number of anilines is 2. The zero-order valence-electron chi connectivity index (χ0n) is 17.4. The van der Waals surface area contributed by atoms with E-state index in [4.69, 9.17) is 0 Å². The summed E-state index contributed by atoms with van der Waals surface area (Å²) < 4.78 is 27.1. The highest BCUT2D eigenvalue weighted by Crippen LogP contribution is 2.41. The van der Waals surface area contributed by atoms with E-state index >= 15 is 0 Å². The van der Waals surface area contributed by atoms with Crippen LogP contribution in [0.3, 0.4) is 0 Å². The maximum Gasteiger partial charge on any atom is 0.230 e. The van der Waals surface area contributed by atoms with Crippen molar-refractivity contribution in [3.05, 3.63) is 52.0 Å². The number of hydrogen-bond acceptors (Lipinski definition) is 4. The highest BCUT2D eigenvalue weighted by atomic mass is 79.9. The second-order valence-electron chi connectivity index (χ2n) is 8.09. The molecular formula is C23H25BrN2O4S. The number of rotatable bonds is 7. The van der Waals surface area contributed by atoms with Gasteiger partial charge in [0.1, 0.15) is 0 Å². The number of fused-ring (bicyclic) bond motifs is 1. The van der Waals surface area contributed by atoms with E-state index in [-0.39, 0.29) is 34.8 Å². The Labute approximate surface area is 191 Å². The van der Waals surface area contributed by atoms with Gasteiger partial charge in [0.15, 0.2) is 9.84 Å². The van der Waals surface area contributed by atoms with Crippen molar-refractivity contribution in [2.24, 2.45) is 5.92 Å². The second-order valence-corrected chi connectivity index (χ2v) is 11.1. The molecule has 2 aromatic rings. The van der Waals surface area contributed by atoms with Crippen molar-refractivity contribution >= 4 is 49.0 Å². The SMILES string of the molecule is CCc1ccc(NC(=O)CCS(=O)(=O)c2cc(Br)cc3c2N(C(=O)C2CC2)CC3)cc1. The molecule has 0 atom stereocenters. The van der Waals surface area contributed by atoms with Crippen LogP contribution in [0.4, 0.5) is 11.4 Å². The minimum absolute atomic E-state index is 0.00536. The molecule has 1 saturated carbocycles.